The van der Waals surface area contributed by atoms with Crippen LogP contribution in [0.1, 0.15) is 52.9 Å². The normalized spacial score (nSPS) is 16.3. The second kappa shape index (κ2) is 7.07. The lowest BCUT2D eigenvalue weighted by Crippen LogP contribution is -2.39. The van der Waals surface area contributed by atoms with Gasteiger partial charge in [-0.2, -0.15) is 0 Å². The van der Waals surface area contributed by atoms with Gasteiger partial charge in [-0.1, -0.05) is 19.3 Å². The third-order valence-electron chi connectivity index (χ3n) is 3.52. The maximum atomic E-state index is 5.44. The highest BCUT2D eigenvalue weighted by atomic mass is 32.1. The second-order valence-electron chi connectivity index (χ2n) is 6.73. The van der Waals surface area contributed by atoms with Crippen LogP contribution in [0.5, 0.6) is 0 Å². The van der Waals surface area contributed by atoms with Gasteiger partial charge in [0.05, 0.1) is 17.6 Å². The van der Waals surface area contributed by atoms with Crippen molar-refractivity contribution in [3.8, 4) is 0 Å². The average Bonchev–Trinajstić information content (AvgIpc) is 2.40. The van der Waals surface area contributed by atoms with Crippen LogP contribution in [0.15, 0.2) is 18.5 Å². The molecule has 1 fully saturated rings. The summed E-state index contributed by atoms with van der Waals surface area (Å²) in [6.07, 6.45) is 9.96. The molecule has 1 heterocycles. The Balaban J connectivity index is 1.96. The van der Waals surface area contributed by atoms with E-state index < -0.39 is 0 Å². The molecule has 0 unspecified atom stereocenters. The predicted octanol–water partition coefficient (Wildman–Crippen LogP) is 3.91. The fraction of sp³-hybridized carbons (Fsp3) is 0.625. The van der Waals surface area contributed by atoms with Crippen molar-refractivity contribution in [1.82, 2.24) is 10.3 Å². The van der Waals surface area contributed by atoms with E-state index in [-0.39, 0.29) is 5.54 Å². The monoisotopic (exact) mass is 306 g/mol. The molecule has 0 aromatic carbocycles. The fourth-order valence-electron chi connectivity index (χ4n) is 2.60. The summed E-state index contributed by atoms with van der Waals surface area (Å²) in [6, 6.07) is 2.48. The van der Waals surface area contributed by atoms with Crippen molar-refractivity contribution in [2.45, 2.75) is 64.5 Å². The first-order chi connectivity index (χ1) is 9.94. The van der Waals surface area contributed by atoms with Gasteiger partial charge in [-0.05, 0) is 51.9 Å². The van der Waals surface area contributed by atoms with E-state index in [9.17, 15) is 0 Å². The number of thiocarbonyl (C=S) groups is 1. The van der Waals surface area contributed by atoms with E-state index in [1.807, 2.05) is 12.3 Å². The molecule has 0 aliphatic heterocycles. The van der Waals surface area contributed by atoms with Gasteiger partial charge in [0.1, 0.15) is 0 Å². The van der Waals surface area contributed by atoms with Crippen LogP contribution in [-0.2, 0) is 0 Å². The molecule has 0 saturated heterocycles. The zero-order chi connectivity index (χ0) is 15.3. The predicted molar refractivity (Wildman–Crippen MR) is 93.8 cm³/mol. The van der Waals surface area contributed by atoms with Crippen LogP contribution in [0.25, 0.3) is 0 Å². The summed E-state index contributed by atoms with van der Waals surface area (Å²) in [5, 5.41) is 10.9. The van der Waals surface area contributed by atoms with Gasteiger partial charge >= 0.3 is 0 Å². The lowest BCUT2D eigenvalue weighted by Gasteiger charge is -2.26. The highest BCUT2D eigenvalue weighted by Gasteiger charge is 2.16. The van der Waals surface area contributed by atoms with E-state index in [1.165, 1.54) is 32.1 Å². The second-order valence-corrected chi connectivity index (χ2v) is 7.14. The van der Waals surface area contributed by atoms with Gasteiger partial charge < -0.3 is 16.0 Å². The van der Waals surface area contributed by atoms with Crippen molar-refractivity contribution in [2.75, 3.05) is 10.6 Å². The Morgan fingerprint density at radius 2 is 1.90 bits per heavy atom. The topological polar surface area (TPSA) is 49.0 Å². The van der Waals surface area contributed by atoms with E-state index in [2.05, 4.69) is 41.7 Å². The van der Waals surface area contributed by atoms with Crippen molar-refractivity contribution in [2.24, 2.45) is 0 Å². The Morgan fingerprint density at radius 1 is 1.19 bits per heavy atom. The van der Waals surface area contributed by atoms with Gasteiger partial charge in [-0.3, -0.25) is 4.98 Å². The number of hydrogen-bond acceptors (Lipinski definition) is 3. The van der Waals surface area contributed by atoms with E-state index in [0.29, 0.717) is 11.2 Å². The van der Waals surface area contributed by atoms with Gasteiger partial charge in [0.15, 0.2) is 5.11 Å². The van der Waals surface area contributed by atoms with Crippen LogP contribution in [0, 0.1) is 0 Å². The molecule has 2 rings (SSSR count). The maximum Gasteiger partial charge on any atom is 0.171 e. The van der Waals surface area contributed by atoms with E-state index >= 15 is 0 Å². The van der Waals surface area contributed by atoms with Gasteiger partial charge in [0.2, 0.25) is 0 Å². The van der Waals surface area contributed by atoms with E-state index in [0.717, 1.165) is 11.4 Å². The van der Waals surface area contributed by atoms with Crippen LogP contribution in [-0.4, -0.2) is 21.7 Å². The Morgan fingerprint density at radius 3 is 2.57 bits per heavy atom. The zero-order valence-electron chi connectivity index (χ0n) is 13.2. The van der Waals surface area contributed by atoms with Crippen LogP contribution in [0.3, 0.4) is 0 Å². The summed E-state index contributed by atoms with van der Waals surface area (Å²) in [5.41, 5.74) is 1.93. The maximum absolute atomic E-state index is 5.44. The molecular weight excluding hydrogens is 280 g/mol. The number of pyridine rings is 1. The molecule has 0 radical (unpaired) electrons. The zero-order valence-corrected chi connectivity index (χ0v) is 14.0. The number of aromatic nitrogens is 1. The molecule has 1 aliphatic carbocycles. The molecule has 0 atom stereocenters. The lowest BCUT2D eigenvalue weighted by atomic mass is 9.96. The van der Waals surface area contributed by atoms with Crippen molar-refractivity contribution in [3.63, 3.8) is 0 Å². The third-order valence-corrected chi connectivity index (χ3v) is 3.74. The van der Waals surface area contributed by atoms with Crippen LogP contribution in [0.4, 0.5) is 11.4 Å². The van der Waals surface area contributed by atoms with Gasteiger partial charge in [0, 0.05) is 17.8 Å². The number of nitrogens with one attached hydrogen (secondary N) is 3. The molecule has 4 nitrogen and oxygen atoms in total. The standard InChI is InChI=1S/C16H26N4S/c1-16(2,3)20-13-9-10-17-11-14(13)19-15(21)18-12-7-5-4-6-8-12/h9-12H,4-8H2,1-3H3,(H,17,20)(H2,18,19,21). The van der Waals surface area contributed by atoms with Crippen LogP contribution >= 0.6 is 12.2 Å². The third kappa shape index (κ3) is 5.50. The molecule has 1 aliphatic rings. The number of nitrogens with zero attached hydrogens (tertiary/aromatic N) is 1. The van der Waals surface area contributed by atoms with E-state index in [4.69, 9.17) is 12.2 Å². The molecule has 116 valence electrons. The van der Waals surface area contributed by atoms with Gasteiger partial charge in [0.25, 0.3) is 0 Å². The minimum absolute atomic E-state index is 0.00377. The summed E-state index contributed by atoms with van der Waals surface area (Å²) in [5.74, 6) is 0. The number of rotatable bonds is 3. The van der Waals surface area contributed by atoms with Gasteiger partial charge in [-0.15, -0.1) is 0 Å². The summed E-state index contributed by atoms with van der Waals surface area (Å²) >= 11 is 5.44. The van der Waals surface area contributed by atoms with Gasteiger partial charge in [-0.25, -0.2) is 0 Å². The molecule has 1 aromatic heterocycles. The smallest absolute Gasteiger partial charge is 0.171 e. The molecule has 0 bridgehead atoms. The van der Waals surface area contributed by atoms with Crippen molar-refractivity contribution in [3.05, 3.63) is 18.5 Å². The minimum atomic E-state index is -0.00377. The summed E-state index contributed by atoms with van der Waals surface area (Å²) in [4.78, 5) is 4.19. The molecule has 3 N–H and O–H groups in total. The highest BCUT2D eigenvalue weighted by molar-refractivity contribution is 7.80. The van der Waals surface area contributed by atoms with Crippen molar-refractivity contribution < 1.29 is 0 Å². The quantitative estimate of drug-likeness (QED) is 0.739. The number of hydrogen-bond donors (Lipinski definition) is 3. The number of anilines is 2. The lowest BCUT2D eigenvalue weighted by molar-refractivity contribution is 0.415. The average molecular weight is 306 g/mol. The Hall–Kier alpha value is -1.36. The molecule has 1 saturated carbocycles. The molecule has 5 heteroatoms. The summed E-state index contributed by atoms with van der Waals surface area (Å²) < 4.78 is 0. The fourth-order valence-corrected chi connectivity index (χ4v) is 2.87. The first-order valence-corrected chi connectivity index (χ1v) is 8.14. The largest absolute Gasteiger partial charge is 0.379 e. The molecule has 0 amide bonds. The first kappa shape index (κ1) is 16.0. The SMILES string of the molecule is CC(C)(C)Nc1ccncc1NC(=S)NC1CCCCC1. The Bertz CT molecular complexity index is 475. The van der Waals surface area contributed by atoms with Crippen LogP contribution in [0.2, 0.25) is 0 Å². The van der Waals surface area contributed by atoms with Crippen molar-refractivity contribution >= 4 is 28.7 Å². The van der Waals surface area contributed by atoms with Crippen molar-refractivity contribution in [1.29, 1.82) is 0 Å². The van der Waals surface area contributed by atoms with E-state index in [1.54, 1.807) is 6.20 Å². The minimum Gasteiger partial charge on any atom is -0.379 e. The molecule has 21 heavy (non-hydrogen) atoms. The molecule has 1 aromatic rings. The Labute approximate surface area is 133 Å². The summed E-state index contributed by atoms with van der Waals surface area (Å²) in [7, 11) is 0. The molecule has 0 spiro atoms. The Kier molecular flexibility index (Phi) is 5.39. The molecular formula is C16H26N4S. The van der Waals surface area contributed by atoms with Crippen LogP contribution < -0.4 is 16.0 Å². The first-order valence-electron chi connectivity index (χ1n) is 7.74. The summed E-state index contributed by atoms with van der Waals surface area (Å²) in [6.45, 7) is 6.40. The highest BCUT2D eigenvalue weighted by Crippen LogP contribution is 2.23.